The first-order valence-electron chi connectivity index (χ1n) is 8.24. The highest BCUT2D eigenvalue weighted by Crippen LogP contribution is 2.35. The van der Waals surface area contributed by atoms with Crippen molar-refractivity contribution in [3.63, 3.8) is 0 Å². The van der Waals surface area contributed by atoms with Crippen LogP contribution >= 0.6 is 46.8 Å². The second kappa shape index (κ2) is 9.39. The van der Waals surface area contributed by atoms with Gasteiger partial charge in [0.15, 0.2) is 5.11 Å². The van der Waals surface area contributed by atoms with Gasteiger partial charge in [0.1, 0.15) is 5.00 Å². The molecule has 1 heterocycles. The fraction of sp³-hybridized carbons (Fsp3) is 0.100. The standard InChI is InChI=1S/C20H16Cl2N2O2S2/c1-26-19(25)14-10-17(13-5-3-2-4-6-13)28-18(14)24-20(27)23-11-12-7-8-15(21)16(22)9-12/h2-10H,11H2,1H3,(H2,23,24,27). The molecule has 0 fully saturated rings. The Hall–Kier alpha value is -2.12. The predicted molar refractivity (Wildman–Crippen MR) is 121 cm³/mol. The highest BCUT2D eigenvalue weighted by atomic mass is 35.5. The van der Waals surface area contributed by atoms with Crippen molar-refractivity contribution in [2.75, 3.05) is 12.4 Å². The molecule has 0 spiro atoms. The van der Waals surface area contributed by atoms with E-state index in [4.69, 9.17) is 40.2 Å². The number of esters is 1. The van der Waals surface area contributed by atoms with Crippen molar-refractivity contribution < 1.29 is 9.53 Å². The average Bonchev–Trinajstić information content (AvgIpc) is 3.12. The predicted octanol–water partition coefficient (Wildman–Crippen LogP) is 6.00. The fourth-order valence-electron chi connectivity index (χ4n) is 2.47. The van der Waals surface area contributed by atoms with Gasteiger partial charge in [0.25, 0.3) is 0 Å². The number of nitrogens with one attached hydrogen (secondary N) is 2. The Morgan fingerprint density at radius 2 is 1.86 bits per heavy atom. The number of carbonyl (C=O) groups is 1. The van der Waals surface area contributed by atoms with Gasteiger partial charge >= 0.3 is 5.97 Å². The third kappa shape index (κ3) is 5.02. The fourth-order valence-corrected chi connectivity index (χ4v) is 4.08. The van der Waals surface area contributed by atoms with Crippen LogP contribution in [0.5, 0.6) is 0 Å². The lowest BCUT2D eigenvalue weighted by Crippen LogP contribution is -2.28. The summed E-state index contributed by atoms with van der Waals surface area (Å²) < 4.78 is 4.90. The van der Waals surface area contributed by atoms with Crippen molar-refractivity contribution in [2.45, 2.75) is 6.54 Å². The number of benzene rings is 2. The number of methoxy groups -OCH3 is 1. The molecule has 0 aliphatic heterocycles. The SMILES string of the molecule is COC(=O)c1cc(-c2ccccc2)sc1NC(=S)NCc1ccc(Cl)c(Cl)c1. The molecule has 1 aromatic heterocycles. The van der Waals surface area contributed by atoms with Crippen LogP contribution in [-0.4, -0.2) is 18.2 Å². The van der Waals surface area contributed by atoms with E-state index in [-0.39, 0.29) is 0 Å². The first kappa shape index (κ1) is 20.6. The van der Waals surface area contributed by atoms with E-state index in [1.165, 1.54) is 18.4 Å². The molecule has 0 aliphatic rings. The maximum absolute atomic E-state index is 12.2. The maximum Gasteiger partial charge on any atom is 0.340 e. The number of thiophene rings is 1. The van der Waals surface area contributed by atoms with Crippen LogP contribution < -0.4 is 10.6 Å². The summed E-state index contributed by atoms with van der Waals surface area (Å²) in [5.74, 6) is -0.423. The van der Waals surface area contributed by atoms with E-state index in [9.17, 15) is 4.79 Å². The Balaban J connectivity index is 1.74. The molecule has 3 rings (SSSR count). The van der Waals surface area contributed by atoms with Crippen LogP contribution in [0.3, 0.4) is 0 Å². The lowest BCUT2D eigenvalue weighted by atomic mass is 10.1. The Morgan fingerprint density at radius 1 is 1.11 bits per heavy atom. The Kier molecular flexibility index (Phi) is 6.91. The molecule has 0 saturated carbocycles. The number of ether oxygens (including phenoxy) is 1. The van der Waals surface area contributed by atoms with E-state index < -0.39 is 5.97 Å². The van der Waals surface area contributed by atoms with E-state index in [1.54, 1.807) is 18.2 Å². The molecule has 0 radical (unpaired) electrons. The number of halogens is 2. The van der Waals surface area contributed by atoms with E-state index in [0.29, 0.717) is 32.3 Å². The third-order valence-corrected chi connectivity index (χ3v) is 5.94. The summed E-state index contributed by atoms with van der Waals surface area (Å²) in [5, 5.41) is 8.19. The van der Waals surface area contributed by atoms with E-state index in [2.05, 4.69) is 10.6 Å². The number of rotatable bonds is 5. The summed E-state index contributed by atoms with van der Waals surface area (Å²) in [5.41, 5.74) is 2.38. The molecular weight excluding hydrogens is 435 g/mol. The maximum atomic E-state index is 12.2. The Morgan fingerprint density at radius 3 is 2.54 bits per heavy atom. The molecule has 8 heteroatoms. The van der Waals surface area contributed by atoms with Crippen LogP contribution in [0.1, 0.15) is 15.9 Å². The molecule has 0 aliphatic carbocycles. The molecule has 0 amide bonds. The molecular formula is C20H16Cl2N2O2S2. The normalized spacial score (nSPS) is 10.4. The van der Waals surface area contributed by atoms with Gasteiger partial charge in [-0.15, -0.1) is 11.3 Å². The molecule has 0 bridgehead atoms. The van der Waals surface area contributed by atoms with Gasteiger partial charge < -0.3 is 15.4 Å². The molecule has 2 aromatic carbocycles. The summed E-state index contributed by atoms with van der Waals surface area (Å²) >= 11 is 18.8. The minimum absolute atomic E-state index is 0.387. The Labute approximate surface area is 182 Å². The van der Waals surface area contributed by atoms with Crippen LogP contribution in [0.2, 0.25) is 10.0 Å². The van der Waals surface area contributed by atoms with Crippen molar-refractivity contribution >= 4 is 62.8 Å². The molecule has 0 unspecified atom stereocenters. The van der Waals surface area contributed by atoms with Gasteiger partial charge in [-0.2, -0.15) is 0 Å². The van der Waals surface area contributed by atoms with Gasteiger partial charge in [0.05, 0.1) is 22.7 Å². The van der Waals surface area contributed by atoms with Crippen molar-refractivity contribution in [1.29, 1.82) is 0 Å². The van der Waals surface area contributed by atoms with Crippen LogP contribution in [-0.2, 0) is 11.3 Å². The van der Waals surface area contributed by atoms with E-state index in [1.807, 2.05) is 36.4 Å². The van der Waals surface area contributed by atoms with Crippen molar-refractivity contribution in [2.24, 2.45) is 0 Å². The lowest BCUT2D eigenvalue weighted by molar-refractivity contribution is 0.0602. The highest BCUT2D eigenvalue weighted by Gasteiger charge is 2.18. The van der Waals surface area contributed by atoms with Gasteiger partial charge in [0, 0.05) is 11.4 Å². The van der Waals surface area contributed by atoms with Crippen LogP contribution in [0.4, 0.5) is 5.00 Å². The van der Waals surface area contributed by atoms with Gasteiger partial charge in [-0.25, -0.2) is 4.79 Å². The first-order chi connectivity index (χ1) is 13.5. The molecule has 0 atom stereocenters. The van der Waals surface area contributed by atoms with Crippen molar-refractivity contribution in [1.82, 2.24) is 5.32 Å². The summed E-state index contributed by atoms with van der Waals surface area (Å²) in [6, 6.07) is 17.0. The molecule has 0 saturated heterocycles. The topological polar surface area (TPSA) is 50.4 Å². The zero-order chi connectivity index (χ0) is 20.1. The number of thiocarbonyl (C=S) groups is 1. The van der Waals surface area contributed by atoms with Crippen LogP contribution in [0.15, 0.2) is 54.6 Å². The summed E-state index contributed by atoms with van der Waals surface area (Å²) in [6.45, 7) is 0.465. The third-order valence-electron chi connectivity index (χ3n) is 3.86. The monoisotopic (exact) mass is 450 g/mol. The van der Waals surface area contributed by atoms with Crippen molar-refractivity contribution in [3.05, 3.63) is 75.8 Å². The number of carbonyl (C=O) groups excluding carboxylic acids is 1. The second-order valence-corrected chi connectivity index (χ2v) is 8.04. The van der Waals surface area contributed by atoms with E-state index in [0.717, 1.165) is 16.0 Å². The first-order valence-corrected chi connectivity index (χ1v) is 10.2. The molecule has 2 N–H and O–H groups in total. The summed E-state index contributed by atoms with van der Waals surface area (Å²) in [4.78, 5) is 13.1. The van der Waals surface area contributed by atoms with Crippen LogP contribution in [0, 0.1) is 0 Å². The quantitative estimate of drug-likeness (QED) is 0.368. The summed E-state index contributed by atoms with van der Waals surface area (Å²) in [6.07, 6.45) is 0. The number of anilines is 1. The smallest absolute Gasteiger partial charge is 0.340 e. The molecule has 3 aromatic rings. The zero-order valence-electron chi connectivity index (χ0n) is 14.8. The minimum atomic E-state index is -0.423. The lowest BCUT2D eigenvalue weighted by Gasteiger charge is -2.11. The van der Waals surface area contributed by atoms with E-state index >= 15 is 0 Å². The number of hydrogen-bond donors (Lipinski definition) is 2. The average molecular weight is 451 g/mol. The van der Waals surface area contributed by atoms with Gasteiger partial charge in [-0.05, 0) is 41.5 Å². The van der Waals surface area contributed by atoms with Crippen molar-refractivity contribution in [3.8, 4) is 10.4 Å². The van der Waals surface area contributed by atoms with Crippen LogP contribution in [0.25, 0.3) is 10.4 Å². The Bertz CT molecular complexity index is 1010. The van der Waals surface area contributed by atoms with Gasteiger partial charge in [-0.3, -0.25) is 0 Å². The second-order valence-electron chi connectivity index (χ2n) is 5.77. The number of hydrogen-bond acceptors (Lipinski definition) is 4. The minimum Gasteiger partial charge on any atom is -0.465 e. The summed E-state index contributed by atoms with van der Waals surface area (Å²) in [7, 11) is 1.35. The molecule has 144 valence electrons. The highest BCUT2D eigenvalue weighted by molar-refractivity contribution is 7.80. The van der Waals surface area contributed by atoms with Gasteiger partial charge in [0.2, 0.25) is 0 Å². The van der Waals surface area contributed by atoms with Gasteiger partial charge in [-0.1, -0.05) is 59.6 Å². The molecule has 28 heavy (non-hydrogen) atoms. The molecule has 4 nitrogen and oxygen atoms in total. The zero-order valence-corrected chi connectivity index (χ0v) is 17.9. The largest absolute Gasteiger partial charge is 0.465 e.